The summed E-state index contributed by atoms with van der Waals surface area (Å²) in [5.74, 6) is 7.02. The lowest BCUT2D eigenvalue weighted by molar-refractivity contribution is -0.109. The molecule has 16 nitrogen and oxygen atoms in total. The van der Waals surface area contributed by atoms with Gasteiger partial charge in [-0.05, 0) is 112 Å². The number of carbonyl (C=O) groups is 4. The number of benzene rings is 6. The Balaban J connectivity index is 0.000000306. The molecule has 0 saturated heterocycles. The van der Waals surface area contributed by atoms with Crippen LogP contribution in [0.15, 0.2) is 133 Å². The van der Waals surface area contributed by atoms with Crippen LogP contribution in [-0.2, 0) is 15.8 Å². The molecule has 0 atom stereocenters. The number of H-pyrrole nitrogens is 2. The molecular weight excluding hydrogens is 1060 g/mol. The molecule has 0 fully saturated rings. The third kappa shape index (κ3) is 19.9. The van der Waals surface area contributed by atoms with Gasteiger partial charge in [0.15, 0.2) is 8.32 Å². The lowest BCUT2D eigenvalue weighted by atomic mass is 10.1. The smallest absolute Gasteiger partial charge is 0.265 e. The normalized spacial score (nSPS) is 10.9. The highest BCUT2D eigenvalue weighted by Gasteiger charge is 2.36. The molecule has 8 rings (SSSR count). The number of aliphatic hydroxyl groups excluding tert-OH is 1. The molecule has 0 aliphatic rings. The molecule has 7 N–H and O–H groups in total. The molecule has 0 saturated carbocycles. The van der Waals surface area contributed by atoms with Crippen molar-refractivity contribution in [3.05, 3.63) is 166 Å². The molecule has 2 amide bonds. The molecule has 0 aliphatic heterocycles. The van der Waals surface area contributed by atoms with E-state index in [0.717, 1.165) is 63.0 Å². The number of nitrogens with one attached hydrogen (secondary N) is 4. The van der Waals surface area contributed by atoms with Gasteiger partial charge in [-0.15, -0.1) is 0 Å². The fourth-order valence-corrected chi connectivity index (χ4v) is 8.28. The minimum absolute atomic E-state index is 0. The average Bonchev–Trinajstić information content (AvgIpc) is 4.06. The van der Waals surface area contributed by atoms with Crippen LogP contribution < -0.4 is 26.2 Å². The number of hydrogen-bond acceptors (Lipinski definition) is 12. The summed E-state index contributed by atoms with van der Waals surface area (Å²) < 4.78 is 16.6. The molecule has 0 unspecified atom stereocenters. The first-order valence-corrected chi connectivity index (χ1v) is 28.5. The number of nitrogen functional groups attached to an aromatic ring is 1. The molecule has 0 aliphatic carbocycles. The molecule has 79 heavy (non-hydrogen) atoms. The third-order valence-corrected chi connectivity index (χ3v) is 17.0. The molecule has 0 bridgehead atoms. The molecule has 422 valence electrons. The van der Waals surface area contributed by atoms with E-state index >= 15 is 0 Å². The molecule has 2 heterocycles. The molecule has 0 radical (unpaired) electrons. The van der Waals surface area contributed by atoms with Crippen LogP contribution in [0.5, 0.6) is 11.5 Å². The topological polar surface area (TPSA) is 227 Å². The number of para-hydroxylation sites is 4. The second-order valence-electron chi connectivity index (χ2n) is 19.6. The van der Waals surface area contributed by atoms with Gasteiger partial charge in [-0.1, -0.05) is 132 Å². The van der Waals surface area contributed by atoms with Crippen LogP contribution in [0, 0.1) is 0 Å². The Kier molecular flexibility index (Phi) is 26.2. The van der Waals surface area contributed by atoms with E-state index in [1.165, 1.54) is 6.07 Å². The zero-order valence-electron chi connectivity index (χ0n) is 44.8. The van der Waals surface area contributed by atoms with Crippen LogP contribution >= 0.6 is 23.2 Å². The van der Waals surface area contributed by atoms with Crippen molar-refractivity contribution >= 4 is 78.0 Å². The predicted octanol–water partition coefficient (Wildman–Crippen LogP) is 13.1. The van der Waals surface area contributed by atoms with E-state index in [9.17, 15) is 24.3 Å². The molecule has 2 aromatic heterocycles. The van der Waals surface area contributed by atoms with E-state index in [2.05, 4.69) is 59.2 Å². The number of aldehydes is 2. The summed E-state index contributed by atoms with van der Waals surface area (Å²) in [4.78, 5) is 60.3. The number of carbonyl (C=O) groups excluding carboxylic acids is 4. The number of hydrazine groups is 2. The van der Waals surface area contributed by atoms with Gasteiger partial charge in [0, 0.05) is 40.9 Å². The van der Waals surface area contributed by atoms with Gasteiger partial charge in [-0.2, -0.15) is 0 Å². The van der Waals surface area contributed by atoms with Crippen molar-refractivity contribution in [3.8, 4) is 34.3 Å². The van der Waals surface area contributed by atoms with Crippen LogP contribution in [-0.4, -0.2) is 94.7 Å². The van der Waals surface area contributed by atoms with Crippen molar-refractivity contribution in [2.45, 2.75) is 100 Å². The first-order valence-electron chi connectivity index (χ1n) is 24.9. The minimum atomic E-state index is -1.66. The van der Waals surface area contributed by atoms with E-state index < -0.39 is 8.32 Å². The Labute approximate surface area is 475 Å². The summed E-state index contributed by atoms with van der Waals surface area (Å²) in [5.41, 5.74) is 13.2. The van der Waals surface area contributed by atoms with Gasteiger partial charge in [0.05, 0.1) is 57.5 Å². The zero-order valence-corrected chi connectivity index (χ0v) is 47.3. The number of aliphatic hydroxyl groups is 1. The van der Waals surface area contributed by atoms with Gasteiger partial charge in [0.2, 0.25) is 0 Å². The lowest BCUT2D eigenvalue weighted by Crippen LogP contribution is -2.43. The summed E-state index contributed by atoms with van der Waals surface area (Å²) in [6, 6.07) is 40.8. The number of amides is 2. The van der Waals surface area contributed by atoms with E-state index in [1.807, 2.05) is 118 Å². The summed E-state index contributed by atoms with van der Waals surface area (Å²) in [6.07, 6.45) is 1.68. The quantitative estimate of drug-likeness (QED) is 0.0165. The number of rotatable bonds is 17. The number of nitrogens with two attached hydrogens (primary N) is 1. The maximum Gasteiger partial charge on any atom is 0.265 e. The van der Waals surface area contributed by atoms with Crippen molar-refractivity contribution < 1.29 is 38.2 Å². The Morgan fingerprint density at radius 1 is 0.709 bits per heavy atom. The van der Waals surface area contributed by atoms with Crippen LogP contribution in [0.2, 0.25) is 28.2 Å². The van der Waals surface area contributed by atoms with Crippen molar-refractivity contribution in [1.29, 1.82) is 0 Å². The van der Waals surface area contributed by atoms with Crippen LogP contribution in [0.25, 0.3) is 44.8 Å². The van der Waals surface area contributed by atoms with Crippen LogP contribution in [0.3, 0.4) is 0 Å². The van der Waals surface area contributed by atoms with Gasteiger partial charge < -0.3 is 33.8 Å². The van der Waals surface area contributed by atoms with Gasteiger partial charge in [-0.25, -0.2) is 20.8 Å². The van der Waals surface area contributed by atoms with Crippen molar-refractivity contribution in [2.24, 2.45) is 5.84 Å². The summed E-state index contributed by atoms with van der Waals surface area (Å²) in [7, 11) is -1.66. The first kappa shape index (κ1) is 66.1. The molecule has 6 aromatic carbocycles. The van der Waals surface area contributed by atoms with E-state index in [4.69, 9.17) is 42.9 Å². The van der Waals surface area contributed by atoms with Crippen molar-refractivity contribution in [2.75, 3.05) is 19.8 Å². The highest BCUT2D eigenvalue weighted by molar-refractivity contribution is 6.74. The lowest BCUT2D eigenvalue weighted by Gasteiger charge is -2.35. The molecular formula is C60H76Cl2N8O8Si. The number of hydrogen-bond donors (Lipinski definition) is 6. The SMILES string of the molecule is C.C.CC(C)(C)[Si](C)(C)OCC=O.CC(C)Oc1ccc(C(=O)NN(CCO)Cc2ccc(-c3nc4ccccc4[nH]3)cc2)cc1Cl.CC(C)Oc1ccc(C(=O)NN)cc1Cl.O=Cc1ccc(-c2nc3ccccc3[nH]2)cc1. The Morgan fingerprint density at radius 3 is 1.56 bits per heavy atom. The number of nitrogens with zero attached hydrogens (tertiary/aromatic N) is 3. The Morgan fingerprint density at radius 2 is 1.16 bits per heavy atom. The molecule has 0 spiro atoms. The summed E-state index contributed by atoms with van der Waals surface area (Å²) in [5, 5.41) is 12.1. The number of halogens is 2. The van der Waals surface area contributed by atoms with Gasteiger partial charge in [-0.3, -0.25) is 25.2 Å². The highest BCUT2D eigenvalue weighted by atomic mass is 35.5. The number of aromatic nitrogens is 4. The second kappa shape index (κ2) is 31.4. The maximum absolute atomic E-state index is 12.8. The number of imidazole rings is 2. The number of ether oxygens (including phenoxy) is 2. The van der Waals surface area contributed by atoms with E-state index in [0.29, 0.717) is 44.8 Å². The first-order chi connectivity index (χ1) is 36.6. The van der Waals surface area contributed by atoms with Crippen molar-refractivity contribution in [3.63, 3.8) is 0 Å². The average molecular weight is 1140 g/mol. The van der Waals surface area contributed by atoms with Gasteiger partial charge in [0.1, 0.15) is 35.7 Å². The van der Waals surface area contributed by atoms with Crippen LogP contribution in [0.4, 0.5) is 0 Å². The van der Waals surface area contributed by atoms with E-state index in [1.54, 1.807) is 47.5 Å². The molecule has 19 heteroatoms. The highest BCUT2D eigenvalue weighted by Crippen LogP contribution is 2.36. The fraction of sp³-hybridized carbons (Fsp3) is 0.300. The number of fused-ring (bicyclic) bond motifs is 2. The standard InChI is InChI=1S/C26H27ClN4O3.C14H10N2O.C10H13ClN2O2.C8H18O2Si.2CH4/c1-17(2)34-24-12-11-20(15-21(24)27)26(33)30-31(13-14-32)16-18-7-9-19(10-8-18)25-28-22-5-3-4-6-23(22)29-25;17-9-10-5-7-11(8-6-10)14-15-12-3-1-2-4-13(12)16-14;1-6(2)15-9-4-3-7(5-8(9)11)10(14)13-12;1-8(2,3)11(4,5)10-7-6-9;;/h3-12,15,17,32H,13-14,16H2,1-2H3,(H,28,29)(H,30,33);1-9H,(H,15,16);3-6H,12H2,1-2H3,(H,13,14);6H,7H2,1-5H3;2*1H4. The largest absolute Gasteiger partial charge is 0.489 e. The van der Waals surface area contributed by atoms with E-state index in [-0.39, 0.29) is 63.7 Å². The fourth-order valence-electron chi connectivity index (χ4n) is 6.92. The Hall–Kier alpha value is -7.22. The minimum Gasteiger partial charge on any atom is -0.489 e. The summed E-state index contributed by atoms with van der Waals surface area (Å²) in [6.45, 7) is 19.2. The molecule has 8 aromatic rings. The van der Waals surface area contributed by atoms with Crippen LogP contribution in [0.1, 0.15) is 100.0 Å². The maximum atomic E-state index is 12.8. The van der Waals surface area contributed by atoms with Gasteiger partial charge >= 0.3 is 0 Å². The van der Waals surface area contributed by atoms with Crippen molar-refractivity contribution in [1.82, 2.24) is 35.8 Å². The third-order valence-electron chi connectivity index (χ3n) is 11.9. The monoisotopic (exact) mass is 1130 g/mol. The second-order valence-corrected chi connectivity index (χ2v) is 25.2. The summed E-state index contributed by atoms with van der Waals surface area (Å²) >= 11 is 12.2. The zero-order chi connectivity index (χ0) is 56.3. The number of aromatic amines is 2. The predicted molar refractivity (Wildman–Crippen MR) is 322 cm³/mol. The van der Waals surface area contributed by atoms with Gasteiger partial charge in [0.25, 0.3) is 11.8 Å². The Bertz CT molecular complexity index is 3130.